The van der Waals surface area contributed by atoms with Crippen molar-refractivity contribution in [3.05, 3.63) is 52.2 Å². The molecule has 1 aromatic carbocycles. The van der Waals surface area contributed by atoms with Crippen molar-refractivity contribution in [2.24, 2.45) is 0 Å². The Morgan fingerprint density at radius 1 is 1.17 bits per heavy atom. The van der Waals surface area contributed by atoms with Crippen LogP contribution in [-0.4, -0.2) is 5.11 Å². The molecule has 1 aromatic heterocycles. The van der Waals surface area contributed by atoms with Gasteiger partial charge in [0.15, 0.2) is 0 Å². The van der Waals surface area contributed by atoms with E-state index in [-0.39, 0.29) is 5.56 Å². The zero-order chi connectivity index (χ0) is 13.4. The fourth-order valence-electron chi connectivity index (χ4n) is 1.40. The average molecular weight is 479 g/mol. The van der Waals surface area contributed by atoms with Gasteiger partial charge < -0.3 is 5.11 Å². The van der Waals surface area contributed by atoms with Gasteiger partial charge in [0.05, 0.1) is 8.81 Å². The third-order valence-electron chi connectivity index (χ3n) is 2.27. The fraction of sp³-hybridized carbons (Fsp3) is 0.0909. The summed E-state index contributed by atoms with van der Waals surface area (Å²) in [5.74, 6) is -0.501. The van der Waals surface area contributed by atoms with Crippen LogP contribution in [0.2, 0.25) is 5.02 Å². The molecule has 0 spiro atoms. The predicted octanol–water partition coefficient (Wildman–Crippen LogP) is 5.91. The van der Waals surface area contributed by atoms with E-state index in [0.29, 0.717) is 14.4 Å². The smallest absolute Gasteiger partial charge is 0.130 e. The van der Waals surface area contributed by atoms with Crippen LogP contribution in [0.25, 0.3) is 0 Å². The van der Waals surface area contributed by atoms with Gasteiger partial charge in [-0.2, -0.15) is 0 Å². The van der Waals surface area contributed by atoms with E-state index in [2.05, 4.69) is 47.8 Å². The van der Waals surface area contributed by atoms with Gasteiger partial charge in [-0.25, -0.2) is 4.39 Å². The van der Waals surface area contributed by atoms with Crippen molar-refractivity contribution >= 4 is 70.7 Å². The lowest BCUT2D eigenvalue weighted by molar-refractivity contribution is 0.218. The maximum atomic E-state index is 13.8. The molecule has 0 saturated carbocycles. The van der Waals surface area contributed by atoms with Crippen LogP contribution in [0.15, 0.2) is 30.9 Å². The van der Waals surface area contributed by atoms with Crippen LogP contribution in [0, 0.1) is 5.82 Å². The SMILES string of the molecule is OC(c1cc(Br)c(Br)s1)c1cc(Cl)c(Br)cc1F. The Balaban J connectivity index is 2.45. The fourth-order valence-corrected chi connectivity index (χ4v) is 3.98. The van der Waals surface area contributed by atoms with Crippen LogP contribution in [0.3, 0.4) is 0 Å². The monoisotopic (exact) mass is 476 g/mol. The van der Waals surface area contributed by atoms with E-state index in [1.54, 1.807) is 6.07 Å². The number of benzene rings is 1. The van der Waals surface area contributed by atoms with E-state index in [0.717, 1.165) is 8.26 Å². The molecule has 1 atom stereocenters. The second-order valence-corrected chi connectivity index (χ2v) is 7.98. The first-order valence-corrected chi connectivity index (χ1v) is 8.24. The van der Waals surface area contributed by atoms with Gasteiger partial charge in [-0.3, -0.25) is 0 Å². The van der Waals surface area contributed by atoms with Gasteiger partial charge in [0.25, 0.3) is 0 Å². The summed E-state index contributed by atoms with van der Waals surface area (Å²) in [4.78, 5) is 0.631. The molecule has 2 rings (SSSR count). The lowest BCUT2D eigenvalue weighted by Crippen LogP contribution is -2.00. The quantitative estimate of drug-likeness (QED) is 0.531. The molecule has 0 saturated heterocycles. The van der Waals surface area contributed by atoms with Crippen molar-refractivity contribution in [2.75, 3.05) is 0 Å². The molecule has 0 aliphatic rings. The van der Waals surface area contributed by atoms with Crippen LogP contribution >= 0.6 is 70.7 Å². The van der Waals surface area contributed by atoms with E-state index in [1.807, 2.05) is 0 Å². The maximum Gasteiger partial charge on any atom is 0.130 e. The molecule has 1 nitrogen and oxygen atoms in total. The molecule has 7 heteroatoms. The highest BCUT2D eigenvalue weighted by Gasteiger charge is 2.20. The van der Waals surface area contributed by atoms with E-state index in [9.17, 15) is 9.50 Å². The number of rotatable bonds is 2. The zero-order valence-corrected chi connectivity index (χ0v) is 14.9. The van der Waals surface area contributed by atoms with Gasteiger partial charge >= 0.3 is 0 Å². The predicted molar refractivity (Wildman–Crippen MR) is 82.9 cm³/mol. The summed E-state index contributed by atoms with van der Waals surface area (Å²) >= 11 is 17.0. The minimum atomic E-state index is -1.04. The number of thiophene rings is 1. The molecule has 2 aromatic rings. The molecule has 0 amide bonds. The first kappa shape index (κ1) is 14.9. The Morgan fingerprint density at radius 3 is 2.39 bits per heavy atom. The Labute approximate surface area is 137 Å². The Bertz CT molecular complexity index is 583. The van der Waals surface area contributed by atoms with Gasteiger partial charge in [-0.1, -0.05) is 11.6 Å². The molecule has 18 heavy (non-hydrogen) atoms. The summed E-state index contributed by atoms with van der Waals surface area (Å²) in [5.41, 5.74) is 0.157. The van der Waals surface area contributed by atoms with E-state index in [1.165, 1.54) is 23.5 Å². The molecule has 0 aliphatic heterocycles. The van der Waals surface area contributed by atoms with Crippen molar-refractivity contribution in [1.29, 1.82) is 0 Å². The molecule has 1 heterocycles. The lowest BCUT2D eigenvalue weighted by Gasteiger charge is -2.11. The second kappa shape index (κ2) is 5.89. The lowest BCUT2D eigenvalue weighted by atomic mass is 10.1. The highest BCUT2D eigenvalue weighted by Crippen LogP contribution is 2.39. The van der Waals surface area contributed by atoms with Crippen molar-refractivity contribution in [3.63, 3.8) is 0 Å². The summed E-state index contributed by atoms with van der Waals surface area (Å²) in [7, 11) is 0. The molecule has 96 valence electrons. The van der Waals surface area contributed by atoms with Gasteiger partial charge in [0.2, 0.25) is 0 Å². The summed E-state index contributed by atoms with van der Waals surface area (Å²) in [6, 6.07) is 4.42. The molecule has 0 bridgehead atoms. The third-order valence-corrected chi connectivity index (χ3v) is 6.77. The average Bonchev–Trinajstić information content (AvgIpc) is 2.63. The summed E-state index contributed by atoms with van der Waals surface area (Å²) in [6.45, 7) is 0. The molecular weight excluding hydrogens is 474 g/mol. The number of halogens is 5. The Hall–Kier alpha value is 0.540. The van der Waals surface area contributed by atoms with Crippen molar-refractivity contribution in [1.82, 2.24) is 0 Å². The first-order valence-electron chi connectivity index (χ1n) is 4.67. The van der Waals surface area contributed by atoms with E-state index >= 15 is 0 Å². The zero-order valence-electron chi connectivity index (χ0n) is 8.55. The van der Waals surface area contributed by atoms with E-state index < -0.39 is 11.9 Å². The van der Waals surface area contributed by atoms with Crippen LogP contribution in [-0.2, 0) is 0 Å². The minimum absolute atomic E-state index is 0.157. The third kappa shape index (κ3) is 2.99. The van der Waals surface area contributed by atoms with Crippen molar-refractivity contribution in [3.8, 4) is 0 Å². The van der Waals surface area contributed by atoms with Gasteiger partial charge in [-0.05, 0) is 66.0 Å². The van der Waals surface area contributed by atoms with Gasteiger partial charge in [0, 0.05) is 19.4 Å². The molecule has 0 radical (unpaired) electrons. The van der Waals surface area contributed by atoms with Crippen LogP contribution < -0.4 is 0 Å². The summed E-state index contributed by atoms with van der Waals surface area (Å²) in [6.07, 6.45) is -1.04. The molecule has 1 N–H and O–H groups in total. The van der Waals surface area contributed by atoms with Gasteiger partial charge in [0.1, 0.15) is 11.9 Å². The topological polar surface area (TPSA) is 20.2 Å². The number of aliphatic hydroxyl groups excluding tert-OH is 1. The Morgan fingerprint density at radius 2 is 1.83 bits per heavy atom. The normalized spacial score (nSPS) is 12.8. The summed E-state index contributed by atoms with van der Waals surface area (Å²) < 4.78 is 15.9. The standard InChI is InChI=1S/C11H5Br3ClFOS/c12-5-2-8(16)4(1-7(5)15)10(17)9-3-6(13)11(14)18-9/h1-3,10,17H. The maximum absolute atomic E-state index is 13.8. The largest absolute Gasteiger partial charge is 0.383 e. The van der Waals surface area contributed by atoms with Crippen molar-refractivity contribution < 1.29 is 9.50 Å². The van der Waals surface area contributed by atoms with E-state index in [4.69, 9.17) is 11.6 Å². The minimum Gasteiger partial charge on any atom is -0.383 e. The molecule has 1 unspecified atom stereocenters. The van der Waals surface area contributed by atoms with Crippen LogP contribution in [0.1, 0.15) is 16.5 Å². The van der Waals surface area contributed by atoms with Gasteiger partial charge in [-0.15, -0.1) is 11.3 Å². The highest BCUT2D eigenvalue weighted by atomic mass is 79.9. The molecule has 0 fully saturated rings. The number of hydrogen-bond acceptors (Lipinski definition) is 2. The number of aliphatic hydroxyl groups is 1. The molecule has 0 aliphatic carbocycles. The second-order valence-electron chi connectivity index (χ2n) is 3.46. The Kier molecular flexibility index (Phi) is 4.89. The first-order chi connectivity index (χ1) is 8.40. The van der Waals surface area contributed by atoms with Crippen LogP contribution in [0.5, 0.6) is 0 Å². The van der Waals surface area contributed by atoms with Crippen LogP contribution in [0.4, 0.5) is 4.39 Å². The summed E-state index contributed by atoms with van der Waals surface area (Å²) in [5, 5.41) is 10.5. The number of hydrogen-bond donors (Lipinski definition) is 1. The highest BCUT2D eigenvalue weighted by molar-refractivity contribution is 9.13. The van der Waals surface area contributed by atoms with Crippen molar-refractivity contribution in [2.45, 2.75) is 6.10 Å². The molecular formula is C11H5Br3ClFOS.